The van der Waals surface area contributed by atoms with Crippen LogP contribution < -0.4 is 4.72 Å². The zero-order valence-electron chi connectivity index (χ0n) is 12.8. The first-order valence-corrected chi connectivity index (χ1v) is 8.82. The molecule has 1 unspecified atom stereocenters. The minimum Gasteiger partial charge on any atom is -0.205 e. The second-order valence-electron chi connectivity index (χ2n) is 5.53. The standard InChI is InChI=1S/C17H20N2O2S/c1-13-7-3-5-9-15(13)17-16-10-6-4-8-14(16)11-12-19(17)22(20,21)18-2/h3-10,17-18H,11-12H2,1-2H3. The molecule has 1 atom stereocenters. The minimum absolute atomic E-state index is 0.274. The number of nitrogens with one attached hydrogen (secondary N) is 1. The van der Waals surface area contributed by atoms with Gasteiger partial charge in [-0.3, -0.25) is 0 Å². The molecule has 0 amide bonds. The van der Waals surface area contributed by atoms with Gasteiger partial charge in [0.15, 0.2) is 0 Å². The molecule has 1 heterocycles. The highest BCUT2D eigenvalue weighted by Crippen LogP contribution is 2.37. The molecule has 0 bridgehead atoms. The van der Waals surface area contributed by atoms with E-state index < -0.39 is 10.2 Å². The van der Waals surface area contributed by atoms with E-state index in [4.69, 9.17) is 0 Å². The van der Waals surface area contributed by atoms with E-state index in [1.54, 1.807) is 4.31 Å². The van der Waals surface area contributed by atoms with Crippen molar-refractivity contribution < 1.29 is 8.42 Å². The zero-order chi connectivity index (χ0) is 15.7. The summed E-state index contributed by atoms with van der Waals surface area (Å²) in [5.41, 5.74) is 4.43. The Morgan fingerprint density at radius 3 is 2.36 bits per heavy atom. The van der Waals surface area contributed by atoms with E-state index in [1.807, 2.05) is 49.4 Å². The van der Waals surface area contributed by atoms with Gasteiger partial charge in [-0.25, -0.2) is 4.72 Å². The molecular formula is C17H20N2O2S. The summed E-state index contributed by atoms with van der Waals surface area (Å²) >= 11 is 0. The minimum atomic E-state index is -3.49. The van der Waals surface area contributed by atoms with Crippen molar-refractivity contribution in [3.63, 3.8) is 0 Å². The lowest BCUT2D eigenvalue weighted by Crippen LogP contribution is -2.45. The predicted molar refractivity (Wildman–Crippen MR) is 87.9 cm³/mol. The third-order valence-electron chi connectivity index (χ3n) is 4.29. The Balaban J connectivity index is 2.21. The van der Waals surface area contributed by atoms with Gasteiger partial charge in [-0.05, 0) is 35.6 Å². The lowest BCUT2D eigenvalue weighted by Gasteiger charge is -2.37. The van der Waals surface area contributed by atoms with Crippen LogP contribution in [0.2, 0.25) is 0 Å². The van der Waals surface area contributed by atoms with Crippen LogP contribution in [0.15, 0.2) is 48.5 Å². The Hall–Kier alpha value is -1.69. The summed E-state index contributed by atoms with van der Waals surface area (Å²) < 4.78 is 29.0. The zero-order valence-corrected chi connectivity index (χ0v) is 13.6. The number of fused-ring (bicyclic) bond motifs is 1. The Bertz CT molecular complexity index is 787. The van der Waals surface area contributed by atoms with Crippen LogP contribution in [0, 0.1) is 6.92 Å². The number of hydrogen-bond acceptors (Lipinski definition) is 2. The highest BCUT2D eigenvalue weighted by Gasteiger charge is 2.36. The highest BCUT2D eigenvalue weighted by atomic mass is 32.2. The van der Waals surface area contributed by atoms with Gasteiger partial charge in [0.25, 0.3) is 10.2 Å². The van der Waals surface area contributed by atoms with Gasteiger partial charge in [0.05, 0.1) is 6.04 Å². The molecule has 0 saturated carbocycles. The highest BCUT2D eigenvalue weighted by molar-refractivity contribution is 7.87. The van der Waals surface area contributed by atoms with E-state index in [1.165, 1.54) is 12.6 Å². The van der Waals surface area contributed by atoms with E-state index in [2.05, 4.69) is 10.8 Å². The fraction of sp³-hybridized carbons (Fsp3) is 0.294. The fourth-order valence-electron chi connectivity index (χ4n) is 3.14. The first kappa shape index (κ1) is 15.2. The van der Waals surface area contributed by atoms with Crippen LogP contribution in [0.3, 0.4) is 0 Å². The van der Waals surface area contributed by atoms with Crippen LogP contribution in [-0.2, 0) is 16.6 Å². The molecule has 1 N–H and O–H groups in total. The second-order valence-corrected chi connectivity index (χ2v) is 7.36. The summed E-state index contributed by atoms with van der Waals surface area (Å²) in [4.78, 5) is 0. The average molecular weight is 316 g/mol. The molecule has 2 aromatic carbocycles. The molecule has 0 aliphatic carbocycles. The van der Waals surface area contributed by atoms with Crippen LogP contribution in [0.4, 0.5) is 0 Å². The molecule has 116 valence electrons. The van der Waals surface area contributed by atoms with Crippen LogP contribution in [0.1, 0.15) is 28.3 Å². The van der Waals surface area contributed by atoms with E-state index in [9.17, 15) is 8.42 Å². The SMILES string of the molecule is CNS(=O)(=O)N1CCc2ccccc2C1c1ccccc1C. The second kappa shape index (κ2) is 5.83. The molecule has 0 aromatic heterocycles. The van der Waals surface area contributed by atoms with Crippen LogP contribution in [0.25, 0.3) is 0 Å². The van der Waals surface area contributed by atoms with Crippen molar-refractivity contribution in [1.29, 1.82) is 0 Å². The summed E-state index contributed by atoms with van der Waals surface area (Å²) in [5.74, 6) is 0. The number of aryl methyl sites for hydroxylation is 1. The normalized spacial score (nSPS) is 18.9. The molecule has 3 rings (SSSR count). The van der Waals surface area contributed by atoms with Gasteiger partial charge in [0, 0.05) is 13.6 Å². The fourth-order valence-corrected chi connectivity index (χ4v) is 4.21. The van der Waals surface area contributed by atoms with E-state index in [0.29, 0.717) is 6.54 Å². The molecule has 5 heteroatoms. The van der Waals surface area contributed by atoms with Gasteiger partial charge in [-0.15, -0.1) is 0 Å². The summed E-state index contributed by atoms with van der Waals surface area (Å²) in [6.45, 7) is 2.51. The van der Waals surface area contributed by atoms with Crippen LogP contribution >= 0.6 is 0 Å². The topological polar surface area (TPSA) is 49.4 Å². The summed E-state index contributed by atoms with van der Waals surface area (Å²) in [7, 11) is -2.03. The molecule has 1 aliphatic heterocycles. The Morgan fingerprint density at radius 2 is 1.68 bits per heavy atom. The third kappa shape index (κ3) is 2.56. The van der Waals surface area contributed by atoms with E-state index >= 15 is 0 Å². The summed E-state index contributed by atoms with van der Waals surface area (Å²) in [6.07, 6.45) is 0.736. The third-order valence-corrected chi connectivity index (χ3v) is 5.82. The van der Waals surface area contributed by atoms with Crippen molar-refractivity contribution >= 4 is 10.2 Å². The number of nitrogens with zero attached hydrogens (tertiary/aromatic N) is 1. The monoisotopic (exact) mass is 316 g/mol. The van der Waals surface area contributed by atoms with Crippen LogP contribution in [-0.4, -0.2) is 26.3 Å². The average Bonchev–Trinajstić information content (AvgIpc) is 2.54. The lowest BCUT2D eigenvalue weighted by atomic mass is 9.88. The summed E-state index contributed by atoms with van der Waals surface area (Å²) in [5, 5.41) is 0. The number of benzene rings is 2. The van der Waals surface area contributed by atoms with Gasteiger partial charge in [0.1, 0.15) is 0 Å². The van der Waals surface area contributed by atoms with E-state index in [-0.39, 0.29) is 6.04 Å². The lowest BCUT2D eigenvalue weighted by molar-refractivity contribution is 0.339. The maximum Gasteiger partial charge on any atom is 0.280 e. The van der Waals surface area contributed by atoms with Gasteiger partial charge in [-0.2, -0.15) is 12.7 Å². The maximum absolute atomic E-state index is 12.5. The van der Waals surface area contributed by atoms with Gasteiger partial charge >= 0.3 is 0 Å². The first-order valence-electron chi connectivity index (χ1n) is 7.38. The molecule has 0 saturated heterocycles. The van der Waals surface area contributed by atoms with Crippen molar-refractivity contribution in [2.75, 3.05) is 13.6 Å². The summed E-state index contributed by atoms with van der Waals surface area (Å²) in [6, 6.07) is 15.8. The molecule has 0 radical (unpaired) electrons. The number of rotatable bonds is 3. The Labute approximate surface area is 132 Å². The van der Waals surface area contributed by atoms with Crippen molar-refractivity contribution in [2.45, 2.75) is 19.4 Å². The van der Waals surface area contributed by atoms with Crippen molar-refractivity contribution in [3.05, 3.63) is 70.8 Å². The number of hydrogen-bond donors (Lipinski definition) is 1. The van der Waals surface area contributed by atoms with Gasteiger partial charge in [0.2, 0.25) is 0 Å². The smallest absolute Gasteiger partial charge is 0.205 e. The molecule has 22 heavy (non-hydrogen) atoms. The molecule has 0 spiro atoms. The molecule has 4 nitrogen and oxygen atoms in total. The molecular weight excluding hydrogens is 296 g/mol. The molecule has 2 aromatic rings. The Morgan fingerprint density at radius 1 is 1.05 bits per heavy atom. The largest absolute Gasteiger partial charge is 0.280 e. The van der Waals surface area contributed by atoms with Crippen molar-refractivity contribution in [3.8, 4) is 0 Å². The van der Waals surface area contributed by atoms with E-state index in [0.717, 1.165) is 23.1 Å². The Kier molecular flexibility index (Phi) is 4.04. The predicted octanol–water partition coefficient (Wildman–Crippen LogP) is 2.41. The van der Waals surface area contributed by atoms with Crippen LogP contribution in [0.5, 0.6) is 0 Å². The first-order chi connectivity index (χ1) is 10.5. The van der Waals surface area contributed by atoms with Gasteiger partial charge in [-0.1, -0.05) is 48.5 Å². The van der Waals surface area contributed by atoms with Gasteiger partial charge < -0.3 is 0 Å². The quantitative estimate of drug-likeness (QED) is 0.945. The maximum atomic E-state index is 12.5. The molecule has 1 aliphatic rings. The van der Waals surface area contributed by atoms with Crippen molar-refractivity contribution in [2.24, 2.45) is 0 Å². The molecule has 0 fully saturated rings. The van der Waals surface area contributed by atoms with Crippen molar-refractivity contribution in [1.82, 2.24) is 9.03 Å².